The van der Waals surface area contributed by atoms with Crippen LogP contribution in [-0.2, 0) is 0 Å². The predicted octanol–water partition coefficient (Wildman–Crippen LogP) is 6.51. The van der Waals surface area contributed by atoms with E-state index in [1.54, 1.807) is 6.92 Å². The quantitative estimate of drug-likeness (QED) is 0.349. The van der Waals surface area contributed by atoms with Gasteiger partial charge in [-0.15, -0.1) is 0 Å². The average molecular weight is 341 g/mol. The molecule has 3 atom stereocenters. The van der Waals surface area contributed by atoms with E-state index in [1.165, 1.54) is 5.57 Å². The molecule has 0 spiro atoms. The monoisotopic (exact) mass is 340 g/mol. The van der Waals surface area contributed by atoms with E-state index in [9.17, 15) is 4.39 Å². The van der Waals surface area contributed by atoms with E-state index >= 15 is 0 Å². The van der Waals surface area contributed by atoms with Crippen LogP contribution >= 0.6 is 15.9 Å². The van der Waals surface area contributed by atoms with Crippen LogP contribution in [0.3, 0.4) is 0 Å². The molecule has 0 aromatic rings. The van der Waals surface area contributed by atoms with Crippen molar-refractivity contribution < 1.29 is 4.39 Å². The molecule has 2 heteroatoms. The number of halogens is 2. The molecule has 1 rings (SSSR count). The second-order valence-corrected chi connectivity index (χ2v) is 6.87. The van der Waals surface area contributed by atoms with Crippen LogP contribution in [0.1, 0.15) is 46.5 Å². The van der Waals surface area contributed by atoms with Crippen molar-refractivity contribution in [3.8, 4) is 0 Å². The molecule has 1 aliphatic carbocycles. The summed E-state index contributed by atoms with van der Waals surface area (Å²) >= 11 is 3.45. The zero-order valence-electron chi connectivity index (χ0n) is 12.9. The molecule has 0 aromatic heterocycles. The van der Waals surface area contributed by atoms with Gasteiger partial charge in [0, 0.05) is 10.4 Å². The molecule has 0 aliphatic heterocycles. The zero-order chi connectivity index (χ0) is 15.3. The molecule has 0 aromatic carbocycles. The van der Waals surface area contributed by atoms with Gasteiger partial charge in [0.15, 0.2) is 0 Å². The summed E-state index contributed by atoms with van der Waals surface area (Å²) in [5.41, 5.74) is 1.24. The number of allylic oxidation sites excluding steroid dienone is 6. The van der Waals surface area contributed by atoms with E-state index in [0.29, 0.717) is 6.42 Å². The minimum Gasteiger partial charge on any atom is -0.244 e. The first kappa shape index (κ1) is 17.4. The average Bonchev–Trinajstić information content (AvgIpc) is 3.00. The Bertz CT molecular complexity index is 429. The van der Waals surface area contributed by atoms with Gasteiger partial charge in [0.2, 0.25) is 0 Å². The van der Waals surface area contributed by atoms with Crippen molar-refractivity contribution in [3.63, 3.8) is 0 Å². The lowest BCUT2D eigenvalue weighted by atomic mass is 9.85. The smallest absolute Gasteiger partial charge is 0.111 e. The van der Waals surface area contributed by atoms with E-state index < -0.39 is 5.67 Å². The molecule has 0 saturated heterocycles. The van der Waals surface area contributed by atoms with Gasteiger partial charge in [0.1, 0.15) is 5.67 Å². The minimum atomic E-state index is -0.974. The molecule has 20 heavy (non-hydrogen) atoms. The topological polar surface area (TPSA) is 0 Å². The third-order valence-corrected chi connectivity index (χ3v) is 4.82. The SMILES string of the molecule is C=C(/C=C\C(Br)=C/C)C(CC1CC1(C)F)C(=C)CCC. The zero-order valence-corrected chi connectivity index (χ0v) is 14.5. The summed E-state index contributed by atoms with van der Waals surface area (Å²) < 4.78 is 14.8. The van der Waals surface area contributed by atoms with E-state index in [4.69, 9.17) is 0 Å². The lowest BCUT2D eigenvalue weighted by molar-refractivity contribution is 0.297. The van der Waals surface area contributed by atoms with Crippen molar-refractivity contribution in [2.45, 2.75) is 52.1 Å². The van der Waals surface area contributed by atoms with Crippen LogP contribution in [0.25, 0.3) is 0 Å². The van der Waals surface area contributed by atoms with Crippen molar-refractivity contribution >= 4 is 15.9 Å². The highest BCUT2D eigenvalue weighted by molar-refractivity contribution is 9.11. The van der Waals surface area contributed by atoms with Gasteiger partial charge in [-0.1, -0.05) is 60.2 Å². The minimum absolute atomic E-state index is 0.163. The van der Waals surface area contributed by atoms with Gasteiger partial charge in [-0.3, -0.25) is 0 Å². The molecule has 1 saturated carbocycles. The fourth-order valence-corrected chi connectivity index (χ4v) is 2.64. The van der Waals surface area contributed by atoms with Gasteiger partial charge < -0.3 is 0 Å². The summed E-state index contributed by atoms with van der Waals surface area (Å²) in [6.45, 7) is 14.2. The standard InChI is InChI=1S/C18H26BrF/c1-6-8-13(3)17(11-15-12-18(15,5)20)14(4)9-10-16(19)7-2/h7,9-10,15,17H,3-4,6,8,11-12H2,1-2,5H3/b10-9-,16-7+. The third-order valence-electron chi connectivity index (χ3n) is 4.10. The van der Waals surface area contributed by atoms with Crippen LogP contribution in [-0.4, -0.2) is 5.67 Å². The fourth-order valence-electron chi connectivity index (χ4n) is 2.51. The number of alkyl halides is 1. The van der Waals surface area contributed by atoms with Crippen LogP contribution in [0.5, 0.6) is 0 Å². The first-order chi connectivity index (χ1) is 9.31. The highest BCUT2D eigenvalue weighted by Gasteiger charge is 2.51. The summed E-state index contributed by atoms with van der Waals surface area (Å²) in [7, 11) is 0. The summed E-state index contributed by atoms with van der Waals surface area (Å²) in [6.07, 6.45) is 9.57. The second-order valence-electron chi connectivity index (χ2n) is 5.96. The van der Waals surface area contributed by atoms with Gasteiger partial charge in [-0.05, 0) is 50.7 Å². The Morgan fingerprint density at radius 2 is 2.05 bits per heavy atom. The highest BCUT2D eigenvalue weighted by atomic mass is 79.9. The molecule has 0 nitrogen and oxygen atoms in total. The van der Waals surface area contributed by atoms with Gasteiger partial charge >= 0.3 is 0 Å². The molecule has 1 fully saturated rings. The van der Waals surface area contributed by atoms with Crippen LogP contribution in [0.4, 0.5) is 4.39 Å². The molecular weight excluding hydrogens is 315 g/mol. The Labute approximate surface area is 131 Å². The second kappa shape index (κ2) is 7.40. The lowest BCUT2D eigenvalue weighted by Gasteiger charge is -2.20. The Hall–Kier alpha value is -0.630. The molecule has 3 unspecified atom stereocenters. The summed E-state index contributed by atoms with van der Waals surface area (Å²) in [5.74, 6) is 0.363. The van der Waals surface area contributed by atoms with Gasteiger partial charge in [0.25, 0.3) is 0 Å². The van der Waals surface area contributed by atoms with Gasteiger partial charge in [0.05, 0.1) is 0 Å². The Kier molecular flexibility index (Phi) is 6.44. The highest BCUT2D eigenvalue weighted by Crippen LogP contribution is 2.52. The van der Waals surface area contributed by atoms with Crippen molar-refractivity contribution in [2.75, 3.05) is 0 Å². The molecule has 0 bridgehead atoms. The molecule has 0 radical (unpaired) electrons. The Balaban J connectivity index is 2.74. The predicted molar refractivity (Wildman–Crippen MR) is 90.7 cm³/mol. The third kappa shape index (κ3) is 5.05. The van der Waals surface area contributed by atoms with Crippen LogP contribution in [0.2, 0.25) is 0 Å². The molecule has 0 amide bonds. The molecule has 0 N–H and O–H groups in total. The van der Waals surface area contributed by atoms with E-state index in [1.807, 2.05) is 25.2 Å². The molecule has 112 valence electrons. The lowest BCUT2D eigenvalue weighted by Crippen LogP contribution is -2.09. The van der Waals surface area contributed by atoms with E-state index in [2.05, 4.69) is 36.0 Å². The summed E-state index contributed by atoms with van der Waals surface area (Å²) in [6, 6.07) is 0. The maximum Gasteiger partial charge on any atom is 0.111 e. The van der Waals surface area contributed by atoms with Crippen LogP contribution < -0.4 is 0 Å². The van der Waals surface area contributed by atoms with Gasteiger partial charge in [-0.25, -0.2) is 4.39 Å². The van der Waals surface area contributed by atoms with E-state index in [0.717, 1.165) is 29.3 Å². The molecule has 0 heterocycles. The Morgan fingerprint density at radius 1 is 1.45 bits per heavy atom. The number of hydrogen-bond acceptors (Lipinski definition) is 0. The fraction of sp³-hybridized carbons (Fsp3) is 0.556. The number of hydrogen-bond donors (Lipinski definition) is 0. The van der Waals surface area contributed by atoms with E-state index in [-0.39, 0.29) is 11.8 Å². The largest absolute Gasteiger partial charge is 0.244 e. The maximum atomic E-state index is 13.8. The van der Waals surface area contributed by atoms with Crippen molar-refractivity contribution in [1.82, 2.24) is 0 Å². The summed E-state index contributed by atoms with van der Waals surface area (Å²) in [5, 5.41) is 0. The van der Waals surface area contributed by atoms with Crippen LogP contribution in [0.15, 0.2) is 47.0 Å². The van der Waals surface area contributed by atoms with Crippen molar-refractivity contribution in [3.05, 3.63) is 47.0 Å². The first-order valence-corrected chi connectivity index (χ1v) is 8.16. The Morgan fingerprint density at radius 3 is 2.50 bits per heavy atom. The number of rotatable bonds is 8. The maximum absolute atomic E-state index is 13.8. The molecule has 1 aliphatic rings. The van der Waals surface area contributed by atoms with Crippen molar-refractivity contribution in [2.24, 2.45) is 11.8 Å². The van der Waals surface area contributed by atoms with Gasteiger partial charge in [-0.2, -0.15) is 0 Å². The van der Waals surface area contributed by atoms with Crippen LogP contribution in [0, 0.1) is 11.8 Å². The first-order valence-electron chi connectivity index (χ1n) is 7.37. The normalized spacial score (nSPS) is 27.6. The summed E-state index contributed by atoms with van der Waals surface area (Å²) in [4.78, 5) is 0. The van der Waals surface area contributed by atoms with Crippen molar-refractivity contribution in [1.29, 1.82) is 0 Å². The molecular formula is C18H26BrF.